The molecule has 0 fully saturated rings. The summed E-state index contributed by atoms with van der Waals surface area (Å²) < 4.78 is 16.2. The SMILES string of the molecule is O=C([O-])CC[C@H](NP(=O)([O-])OC[C@@H](NC(=O)c1ccccc1)C(=O)[O-])C(=O)[O-].[K+].[K+].[K+].[K+]. The van der Waals surface area contributed by atoms with E-state index < -0.39 is 63.1 Å². The van der Waals surface area contributed by atoms with Crippen molar-refractivity contribution < 1.29 is 254 Å². The van der Waals surface area contributed by atoms with Gasteiger partial charge in [-0.3, -0.25) is 9.36 Å². The molecule has 1 unspecified atom stereocenters. The predicted octanol–water partition coefficient (Wildman–Crippen LogP) is -16.7. The van der Waals surface area contributed by atoms with E-state index in [1.807, 2.05) is 5.32 Å². The van der Waals surface area contributed by atoms with Gasteiger partial charge in [0.05, 0.1) is 30.6 Å². The molecule has 1 amide bonds. The van der Waals surface area contributed by atoms with E-state index in [1.54, 1.807) is 6.07 Å². The first kappa shape index (κ1) is 42.8. The second kappa shape index (κ2) is 22.7. The van der Waals surface area contributed by atoms with E-state index in [0.29, 0.717) is 0 Å². The van der Waals surface area contributed by atoms with E-state index in [1.165, 1.54) is 29.4 Å². The molecule has 0 radical (unpaired) electrons. The smallest absolute Gasteiger partial charge is 0.766 e. The number of carbonyl (C=O) groups excluding carboxylic acids is 4. The van der Waals surface area contributed by atoms with Gasteiger partial charge in [-0.15, -0.1) is 0 Å². The van der Waals surface area contributed by atoms with Gasteiger partial charge in [0, 0.05) is 11.5 Å². The van der Waals surface area contributed by atoms with E-state index in [4.69, 9.17) is 0 Å². The van der Waals surface area contributed by atoms with Crippen molar-refractivity contribution in [2.45, 2.75) is 24.9 Å². The number of carboxylic acid groups (broad SMARTS) is 3. The molecule has 0 spiro atoms. The minimum Gasteiger partial charge on any atom is -0.766 e. The Kier molecular flexibility index (Phi) is 30.4. The average molecular weight is 571 g/mol. The van der Waals surface area contributed by atoms with E-state index in [0.717, 1.165) is 0 Å². The van der Waals surface area contributed by atoms with E-state index in [9.17, 15) is 44.0 Å². The van der Waals surface area contributed by atoms with Crippen molar-refractivity contribution in [1.82, 2.24) is 10.4 Å². The summed E-state index contributed by atoms with van der Waals surface area (Å²) in [4.78, 5) is 56.0. The summed E-state index contributed by atoms with van der Waals surface area (Å²) in [5, 5.41) is 35.8. The van der Waals surface area contributed by atoms with Crippen LogP contribution in [0, 0.1) is 0 Å². The molecule has 2 N–H and O–H groups in total. The molecular formula is C15H15K4N2O10P. The van der Waals surface area contributed by atoms with Crippen LogP contribution < -0.4 is 236 Å². The molecule has 3 atom stereocenters. The van der Waals surface area contributed by atoms with Crippen molar-refractivity contribution in [3.63, 3.8) is 0 Å². The van der Waals surface area contributed by atoms with Gasteiger partial charge in [-0.2, -0.15) is 0 Å². The molecule has 12 nitrogen and oxygen atoms in total. The Hall–Kier alpha value is 3.76. The average Bonchev–Trinajstić information content (AvgIpc) is 2.62. The molecule has 0 saturated carbocycles. The Bertz CT molecular complexity index is 787. The molecule has 0 saturated heterocycles. The van der Waals surface area contributed by atoms with Gasteiger partial charge < -0.3 is 44.4 Å². The van der Waals surface area contributed by atoms with E-state index in [-0.39, 0.29) is 211 Å². The van der Waals surface area contributed by atoms with Crippen molar-refractivity contribution in [2.24, 2.45) is 0 Å². The van der Waals surface area contributed by atoms with Crippen LogP contribution in [0.2, 0.25) is 0 Å². The first-order valence-electron chi connectivity index (χ1n) is 7.72. The molecule has 0 heterocycles. The molecule has 32 heavy (non-hydrogen) atoms. The number of hydrogen-bond donors (Lipinski definition) is 2. The summed E-state index contributed by atoms with van der Waals surface area (Å²) in [6, 6.07) is 3.59. The molecule has 0 aliphatic heterocycles. The molecule has 154 valence electrons. The van der Waals surface area contributed by atoms with Gasteiger partial charge in [0.1, 0.15) is 0 Å². The Labute approximate surface area is 354 Å². The van der Waals surface area contributed by atoms with Crippen molar-refractivity contribution in [3.8, 4) is 0 Å². The van der Waals surface area contributed by atoms with Crippen molar-refractivity contribution in [2.75, 3.05) is 6.61 Å². The minimum absolute atomic E-state index is 0. The third kappa shape index (κ3) is 18.9. The monoisotopic (exact) mass is 570 g/mol. The molecule has 0 aromatic heterocycles. The van der Waals surface area contributed by atoms with Crippen LogP contribution in [0.25, 0.3) is 0 Å². The van der Waals surface area contributed by atoms with Crippen LogP contribution in [0.15, 0.2) is 30.3 Å². The van der Waals surface area contributed by atoms with Crippen LogP contribution in [-0.2, 0) is 23.5 Å². The Morgan fingerprint density at radius 1 is 0.906 bits per heavy atom. The third-order valence-electron chi connectivity index (χ3n) is 3.27. The molecular weight excluding hydrogens is 556 g/mol. The summed E-state index contributed by atoms with van der Waals surface area (Å²) in [5.41, 5.74) is 0.0940. The third-order valence-corrected chi connectivity index (χ3v) is 4.39. The predicted molar refractivity (Wildman–Crippen MR) is 82.4 cm³/mol. The van der Waals surface area contributed by atoms with Crippen molar-refractivity contribution in [1.29, 1.82) is 0 Å². The summed E-state index contributed by atoms with van der Waals surface area (Å²) in [5.74, 6) is -6.23. The van der Waals surface area contributed by atoms with Gasteiger partial charge in [-0.1, -0.05) is 18.2 Å². The van der Waals surface area contributed by atoms with Gasteiger partial charge in [0.2, 0.25) is 7.75 Å². The fourth-order valence-electron chi connectivity index (χ4n) is 1.90. The second-order valence-corrected chi connectivity index (χ2v) is 6.93. The number of nitrogens with one attached hydrogen (secondary N) is 2. The van der Waals surface area contributed by atoms with Crippen LogP contribution in [-0.4, -0.2) is 42.5 Å². The zero-order valence-electron chi connectivity index (χ0n) is 18.2. The standard InChI is InChI=1S/C15H19N2O10P.4K/c18-12(19)7-6-10(14(21)22)17-28(25,26)27-8-11(15(23)24)16-13(20)9-4-2-1-3-5-9;;;;/h1-5,10-11H,6-8H2,(H,16,20)(H,18,19)(H,21,22)(H,23,24)(H2,17,25,26);;;;/q;4*+1/p-4/t10-,11+;;;;/m0..../s1. The minimum atomic E-state index is -5.15. The largest absolute Gasteiger partial charge is 1.00 e. The number of carboxylic acids is 3. The Morgan fingerprint density at radius 2 is 1.41 bits per heavy atom. The zero-order valence-corrected chi connectivity index (χ0v) is 31.6. The van der Waals surface area contributed by atoms with E-state index in [2.05, 4.69) is 4.52 Å². The van der Waals surface area contributed by atoms with Gasteiger partial charge in [-0.25, -0.2) is 5.09 Å². The number of carbonyl (C=O) groups is 4. The molecule has 0 bridgehead atoms. The van der Waals surface area contributed by atoms with Crippen LogP contribution in [0.3, 0.4) is 0 Å². The van der Waals surface area contributed by atoms with E-state index >= 15 is 0 Å². The molecule has 1 aromatic carbocycles. The van der Waals surface area contributed by atoms with Gasteiger partial charge in [0.15, 0.2) is 0 Å². The topological polar surface area (TPSA) is 211 Å². The molecule has 0 aliphatic rings. The Morgan fingerprint density at radius 3 is 1.84 bits per heavy atom. The number of aliphatic carboxylic acids is 3. The van der Waals surface area contributed by atoms with Crippen molar-refractivity contribution in [3.05, 3.63) is 35.9 Å². The summed E-state index contributed by atoms with van der Waals surface area (Å²) in [6.45, 7) is -1.10. The van der Waals surface area contributed by atoms with Crippen molar-refractivity contribution >= 4 is 31.6 Å². The normalized spacial score (nSPS) is 13.2. The van der Waals surface area contributed by atoms with Gasteiger partial charge in [-0.05, 0) is 25.0 Å². The Balaban J connectivity index is -0.000000980. The van der Waals surface area contributed by atoms with Gasteiger partial charge in [0.25, 0.3) is 5.91 Å². The summed E-state index contributed by atoms with van der Waals surface area (Å²) in [6.07, 6.45) is -1.46. The van der Waals surface area contributed by atoms with Gasteiger partial charge >= 0.3 is 206 Å². The van der Waals surface area contributed by atoms with Crippen LogP contribution in [0.5, 0.6) is 0 Å². The number of amides is 1. The maximum absolute atomic E-state index is 11.9. The number of hydrogen-bond acceptors (Lipinski definition) is 10. The number of benzene rings is 1. The maximum atomic E-state index is 11.9. The number of rotatable bonds is 12. The summed E-state index contributed by atoms with van der Waals surface area (Å²) >= 11 is 0. The van der Waals surface area contributed by atoms with Crippen LogP contribution in [0.1, 0.15) is 23.2 Å². The molecule has 0 aliphatic carbocycles. The molecule has 1 rings (SSSR count). The quantitative estimate of drug-likeness (QED) is 0.178. The molecule has 17 heteroatoms. The van der Waals surface area contributed by atoms with Crippen LogP contribution in [0.4, 0.5) is 0 Å². The molecule has 1 aromatic rings. The first-order chi connectivity index (χ1) is 13.0. The summed E-state index contributed by atoms with van der Waals surface area (Å²) in [7, 11) is -5.15. The van der Waals surface area contributed by atoms with Crippen LogP contribution >= 0.6 is 7.75 Å². The zero-order chi connectivity index (χ0) is 21.3. The fraction of sp³-hybridized carbons (Fsp3) is 0.333. The fourth-order valence-corrected chi connectivity index (χ4v) is 2.93. The second-order valence-electron chi connectivity index (χ2n) is 5.42. The first-order valence-corrected chi connectivity index (χ1v) is 9.27. The maximum Gasteiger partial charge on any atom is 1.00 e.